The SMILES string of the molecule is NNC1NCCN1CC1=CC=C(Cl)NC1. The van der Waals surface area contributed by atoms with Gasteiger partial charge in [-0.15, -0.1) is 0 Å². The summed E-state index contributed by atoms with van der Waals surface area (Å²) in [6.45, 7) is 3.68. The summed E-state index contributed by atoms with van der Waals surface area (Å²) in [5.74, 6) is 5.43. The van der Waals surface area contributed by atoms with Crippen LogP contribution >= 0.6 is 11.6 Å². The van der Waals surface area contributed by atoms with Crippen molar-refractivity contribution >= 4 is 11.6 Å². The second kappa shape index (κ2) is 4.96. The molecule has 0 bridgehead atoms. The van der Waals surface area contributed by atoms with Gasteiger partial charge in [0.1, 0.15) is 11.4 Å². The zero-order valence-corrected chi connectivity index (χ0v) is 9.22. The molecule has 84 valence electrons. The fourth-order valence-electron chi connectivity index (χ4n) is 1.81. The number of hydrazine groups is 1. The summed E-state index contributed by atoms with van der Waals surface area (Å²) < 4.78 is 0. The van der Waals surface area contributed by atoms with Crippen LogP contribution in [0, 0.1) is 0 Å². The third-order valence-electron chi connectivity index (χ3n) is 2.62. The Morgan fingerprint density at radius 1 is 1.60 bits per heavy atom. The van der Waals surface area contributed by atoms with Gasteiger partial charge >= 0.3 is 0 Å². The quantitative estimate of drug-likeness (QED) is 0.291. The molecule has 0 aromatic heterocycles. The van der Waals surface area contributed by atoms with E-state index in [1.165, 1.54) is 5.57 Å². The number of nitrogens with two attached hydrogens (primary N) is 1. The van der Waals surface area contributed by atoms with Crippen molar-refractivity contribution in [3.05, 3.63) is 22.9 Å². The van der Waals surface area contributed by atoms with Gasteiger partial charge < -0.3 is 5.32 Å². The van der Waals surface area contributed by atoms with Gasteiger partial charge in [0.15, 0.2) is 0 Å². The van der Waals surface area contributed by atoms with Gasteiger partial charge in [0.25, 0.3) is 0 Å². The maximum atomic E-state index is 5.80. The number of nitrogens with zero attached hydrogens (tertiary/aromatic N) is 1. The second-order valence-corrected chi connectivity index (χ2v) is 4.09. The first-order valence-electron chi connectivity index (χ1n) is 5.02. The first-order chi connectivity index (χ1) is 7.29. The largest absolute Gasteiger partial charge is 0.372 e. The van der Waals surface area contributed by atoms with Crippen molar-refractivity contribution in [2.24, 2.45) is 5.84 Å². The van der Waals surface area contributed by atoms with E-state index in [-0.39, 0.29) is 6.29 Å². The predicted octanol–water partition coefficient (Wildman–Crippen LogP) is -0.752. The Bertz CT molecular complexity index is 288. The minimum absolute atomic E-state index is 0.0762. The zero-order valence-electron chi connectivity index (χ0n) is 8.46. The predicted molar refractivity (Wildman–Crippen MR) is 60.7 cm³/mol. The van der Waals surface area contributed by atoms with E-state index in [1.54, 1.807) is 0 Å². The number of hydrogen-bond donors (Lipinski definition) is 4. The van der Waals surface area contributed by atoms with Gasteiger partial charge in [0, 0.05) is 26.2 Å². The summed E-state index contributed by atoms with van der Waals surface area (Å²) in [5, 5.41) is 7.05. The Labute approximate surface area is 94.3 Å². The van der Waals surface area contributed by atoms with Crippen molar-refractivity contribution in [3.8, 4) is 0 Å². The van der Waals surface area contributed by atoms with Crippen LogP contribution in [-0.4, -0.2) is 37.4 Å². The van der Waals surface area contributed by atoms with Crippen LogP contribution in [0.25, 0.3) is 0 Å². The summed E-state index contributed by atoms with van der Waals surface area (Å²) in [7, 11) is 0. The molecule has 5 N–H and O–H groups in total. The first kappa shape index (κ1) is 10.9. The fourth-order valence-corrected chi connectivity index (χ4v) is 1.94. The molecule has 0 radical (unpaired) electrons. The standard InChI is InChI=1S/C9H16ClN5/c10-8-2-1-7(5-13-8)6-15-4-3-12-9(15)14-11/h1-2,9,12-14H,3-6,11H2. The van der Waals surface area contributed by atoms with Gasteiger partial charge in [-0.1, -0.05) is 17.7 Å². The molecule has 0 aliphatic carbocycles. The number of rotatable bonds is 3. The maximum Gasteiger partial charge on any atom is 0.127 e. The average molecular weight is 230 g/mol. The molecule has 5 nitrogen and oxygen atoms in total. The Balaban J connectivity index is 1.91. The lowest BCUT2D eigenvalue weighted by Crippen LogP contribution is -2.51. The molecule has 0 saturated carbocycles. The normalized spacial score (nSPS) is 27.2. The van der Waals surface area contributed by atoms with Crippen molar-refractivity contribution in [1.29, 1.82) is 0 Å². The maximum absolute atomic E-state index is 5.80. The van der Waals surface area contributed by atoms with Crippen LogP contribution in [-0.2, 0) is 0 Å². The molecule has 0 aromatic carbocycles. The van der Waals surface area contributed by atoms with Crippen molar-refractivity contribution in [1.82, 2.24) is 21.0 Å². The van der Waals surface area contributed by atoms with E-state index in [0.29, 0.717) is 5.16 Å². The van der Waals surface area contributed by atoms with E-state index in [0.717, 1.165) is 26.2 Å². The van der Waals surface area contributed by atoms with E-state index in [9.17, 15) is 0 Å². The summed E-state index contributed by atoms with van der Waals surface area (Å²) in [5.41, 5.74) is 4.05. The number of halogens is 1. The van der Waals surface area contributed by atoms with E-state index < -0.39 is 0 Å². The van der Waals surface area contributed by atoms with Crippen LogP contribution in [0.1, 0.15) is 0 Å². The van der Waals surface area contributed by atoms with Crippen LogP contribution in [0.2, 0.25) is 0 Å². The Kier molecular flexibility index (Phi) is 3.61. The van der Waals surface area contributed by atoms with E-state index in [4.69, 9.17) is 17.4 Å². The first-order valence-corrected chi connectivity index (χ1v) is 5.40. The highest BCUT2D eigenvalue weighted by Crippen LogP contribution is 2.10. The molecule has 2 aliphatic heterocycles. The van der Waals surface area contributed by atoms with Crippen molar-refractivity contribution in [2.75, 3.05) is 26.2 Å². The molecule has 0 spiro atoms. The molecular formula is C9H16ClN5. The highest BCUT2D eigenvalue weighted by Gasteiger charge is 2.23. The molecule has 15 heavy (non-hydrogen) atoms. The smallest absolute Gasteiger partial charge is 0.127 e. The van der Waals surface area contributed by atoms with Crippen molar-refractivity contribution in [2.45, 2.75) is 6.29 Å². The molecule has 2 rings (SSSR count). The van der Waals surface area contributed by atoms with Crippen LogP contribution < -0.4 is 21.9 Å². The molecule has 2 aliphatic rings. The van der Waals surface area contributed by atoms with Crippen molar-refractivity contribution < 1.29 is 0 Å². The molecule has 0 amide bonds. The summed E-state index contributed by atoms with van der Waals surface area (Å²) in [6.07, 6.45) is 4.02. The van der Waals surface area contributed by atoms with Gasteiger partial charge in [-0.05, 0) is 11.6 Å². The van der Waals surface area contributed by atoms with Crippen LogP contribution in [0.5, 0.6) is 0 Å². The monoisotopic (exact) mass is 229 g/mol. The Hall–Kier alpha value is -0.590. The highest BCUT2D eigenvalue weighted by molar-refractivity contribution is 6.29. The number of hydrogen-bond acceptors (Lipinski definition) is 5. The van der Waals surface area contributed by atoms with E-state index in [2.05, 4.69) is 27.0 Å². The highest BCUT2D eigenvalue weighted by atomic mass is 35.5. The van der Waals surface area contributed by atoms with Gasteiger partial charge in [0.2, 0.25) is 0 Å². The lowest BCUT2D eigenvalue weighted by Gasteiger charge is -2.25. The topological polar surface area (TPSA) is 65.3 Å². The van der Waals surface area contributed by atoms with Gasteiger partial charge in [-0.3, -0.25) is 16.1 Å². The second-order valence-electron chi connectivity index (χ2n) is 3.69. The van der Waals surface area contributed by atoms with Crippen LogP contribution in [0.4, 0.5) is 0 Å². The summed E-state index contributed by atoms with van der Waals surface area (Å²) in [4.78, 5) is 2.25. The van der Waals surface area contributed by atoms with E-state index in [1.807, 2.05) is 6.08 Å². The molecular weight excluding hydrogens is 214 g/mol. The molecule has 6 heteroatoms. The van der Waals surface area contributed by atoms with E-state index >= 15 is 0 Å². The van der Waals surface area contributed by atoms with Gasteiger partial charge in [-0.2, -0.15) is 0 Å². The third-order valence-corrected chi connectivity index (χ3v) is 2.88. The zero-order chi connectivity index (χ0) is 10.7. The lowest BCUT2D eigenvalue weighted by atomic mass is 10.2. The minimum atomic E-state index is 0.0762. The number of allylic oxidation sites excluding steroid dienone is 2. The van der Waals surface area contributed by atoms with Crippen molar-refractivity contribution in [3.63, 3.8) is 0 Å². The molecule has 1 unspecified atom stereocenters. The Morgan fingerprint density at radius 2 is 2.47 bits per heavy atom. The fraction of sp³-hybridized carbons (Fsp3) is 0.556. The number of nitrogens with one attached hydrogen (secondary N) is 3. The minimum Gasteiger partial charge on any atom is -0.372 e. The van der Waals surface area contributed by atoms with Crippen LogP contribution in [0.15, 0.2) is 22.9 Å². The Morgan fingerprint density at radius 3 is 3.13 bits per heavy atom. The molecule has 1 fully saturated rings. The molecule has 0 aromatic rings. The molecule has 1 atom stereocenters. The molecule has 2 heterocycles. The van der Waals surface area contributed by atoms with Gasteiger partial charge in [0.05, 0.1) is 0 Å². The summed E-state index contributed by atoms with van der Waals surface area (Å²) in [6, 6.07) is 0. The van der Waals surface area contributed by atoms with Gasteiger partial charge in [-0.25, -0.2) is 5.43 Å². The summed E-state index contributed by atoms with van der Waals surface area (Å²) >= 11 is 5.80. The lowest BCUT2D eigenvalue weighted by molar-refractivity contribution is 0.220. The van der Waals surface area contributed by atoms with Crippen LogP contribution in [0.3, 0.4) is 0 Å². The average Bonchev–Trinajstić information content (AvgIpc) is 2.69. The molecule has 1 saturated heterocycles. The third kappa shape index (κ3) is 2.70. The number of dihydropyridines is 1.